The molecule has 2 atom stereocenters. The average molecular weight is 367 g/mol. The zero-order valence-electron chi connectivity index (χ0n) is 15.8. The van der Waals surface area contributed by atoms with Crippen molar-refractivity contribution in [1.29, 1.82) is 0 Å². The van der Waals surface area contributed by atoms with Crippen molar-refractivity contribution in [1.82, 2.24) is 19.9 Å². The second-order valence-corrected chi connectivity index (χ2v) is 7.35. The zero-order chi connectivity index (χ0) is 18.8. The highest BCUT2D eigenvalue weighted by molar-refractivity contribution is 5.80. The quantitative estimate of drug-likeness (QED) is 0.871. The van der Waals surface area contributed by atoms with E-state index in [-0.39, 0.29) is 18.1 Å². The number of hydrogen-bond donors (Lipinski definition) is 1. The van der Waals surface area contributed by atoms with Gasteiger partial charge in [-0.3, -0.25) is 9.78 Å². The predicted molar refractivity (Wildman–Crippen MR) is 102 cm³/mol. The molecule has 0 saturated carbocycles. The molecule has 142 valence electrons. The summed E-state index contributed by atoms with van der Waals surface area (Å²) in [7, 11) is 3.53. The summed E-state index contributed by atoms with van der Waals surface area (Å²) in [6, 6.07) is 3.87. The van der Waals surface area contributed by atoms with Gasteiger partial charge < -0.3 is 15.0 Å². The Morgan fingerprint density at radius 2 is 2.19 bits per heavy atom. The van der Waals surface area contributed by atoms with Crippen LogP contribution >= 0.6 is 0 Å². The zero-order valence-corrected chi connectivity index (χ0v) is 15.8. The van der Waals surface area contributed by atoms with Gasteiger partial charge in [0.05, 0.1) is 6.10 Å². The molecule has 1 saturated heterocycles. The van der Waals surface area contributed by atoms with Crippen LogP contribution in [0.2, 0.25) is 0 Å². The van der Waals surface area contributed by atoms with Gasteiger partial charge in [-0.25, -0.2) is 9.97 Å². The molecule has 0 bridgehead atoms. The number of ether oxygens (including phenoxy) is 1. The van der Waals surface area contributed by atoms with Gasteiger partial charge in [0.1, 0.15) is 11.9 Å². The van der Waals surface area contributed by atoms with Crippen molar-refractivity contribution < 1.29 is 9.53 Å². The summed E-state index contributed by atoms with van der Waals surface area (Å²) in [6.07, 6.45) is 7.97. The molecule has 7 nitrogen and oxygen atoms in total. The molecule has 1 fully saturated rings. The smallest absolute Gasteiger partial charge is 0.251 e. The topological polar surface area (TPSA) is 80.2 Å². The monoisotopic (exact) mass is 367 g/mol. The van der Waals surface area contributed by atoms with E-state index < -0.39 is 0 Å². The highest BCUT2D eigenvalue weighted by Crippen LogP contribution is 2.29. The number of nitrogens with one attached hydrogen (secondary N) is 1. The summed E-state index contributed by atoms with van der Waals surface area (Å²) < 4.78 is 5.93. The van der Waals surface area contributed by atoms with Crippen LogP contribution in [0.4, 0.5) is 5.82 Å². The van der Waals surface area contributed by atoms with E-state index >= 15 is 0 Å². The number of fused-ring (bicyclic) bond motifs is 1. The maximum absolute atomic E-state index is 12.1. The summed E-state index contributed by atoms with van der Waals surface area (Å²) in [5.74, 6) is 1.64. The van der Waals surface area contributed by atoms with Gasteiger partial charge in [-0.2, -0.15) is 0 Å². The Morgan fingerprint density at radius 3 is 2.96 bits per heavy atom. The number of likely N-dealkylation sites (N-methyl/N-ethyl adjacent to an activating group) is 1. The van der Waals surface area contributed by atoms with Gasteiger partial charge >= 0.3 is 0 Å². The van der Waals surface area contributed by atoms with Crippen LogP contribution < -0.4 is 5.32 Å². The number of hydrogen-bond acceptors (Lipinski definition) is 6. The Balaban J connectivity index is 1.48. The molecule has 1 amide bonds. The van der Waals surface area contributed by atoms with E-state index in [1.54, 1.807) is 31.4 Å². The standard InChI is InChI=1S/C20H25N5O2/c1-25(2)20(26)17-9-8-14(27-17)12-22-19-15-6-3-7-16(15)23-18(24-19)13-5-4-10-21-11-13/h4-5,10-11,14,17H,3,6-9,12H2,1-2H3,(H,22,23,24). The Morgan fingerprint density at radius 1 is 1.30 bits per heavy atom. The molecular weight excluding hydrogens is 342 g/mol. The lowest BCUT2D eigenvalue weighted by molar-refractivity contribution is -0.140. The van der Waals surface area contributed by atoms with E-state index in [2.05, 4.69) is 10.3 Å². The molecule has 1 aliphatic heterocycles. The summed E-state index contributed by atoms with van der Waals surface area (Å²) in [6.45, 7) is 0.646. The van der Waals surface area contributed by atoms with Crippen LogP contribution in [-0.4, -0.2) is 58.6 Å². The minimum atomic E-state index is -0.325. The third-order valence-electron chi connectivity index (χ3n) is 5.17. The first-order valence-electron chi connectivity index (χ1n) is 9.52. The van der Waals surface area contributed by atoms with Crippen LogP contribution in [0.3, 0.4) is 0 Å². The predicted octanol–water partition coefficient (Wildman–Crippen LogP) is 2.07. The van der Waals surface area contributed by atoms with Crippen molar-refractivity contribution in [2.75, 3.05) is 26.0 Å². The first-order chi connectivity index (χ1) is 13.1. The number of aryl methyl sites for hydroxylation is 1. The highest BCUT2D eigenvalue weighted by Gasteiger charge is 2.31. The SMILES string of the molecule is CN(C)C(=O)C1CCC(CNc2nc(-c3cccnc3)nc3c2CCC3)O1. The fraction of sp³-hybridized carbons (Fsp3) is 0.500. The first-order valence-corrected chi connectivity index (χ1v) is 9.52. The molecule has 1 N–H and O–H groups in total. The maximum atomic E-state index is 12.1. The van der Waals surface area contributed by atoms with E-state index in [1.165, 1.54) is 5.56 Å². The van der Waals surface area contributed by atoms with E-state index in [0.717, 1.165) is 49.2 Å². The number of carbonyl (C=O) groups is 1. The Labute approximate surface area is 159 Å². The maximum Gasteiger partial charge on any atom is 0.251 e. The Hall–Kier alpha value is -2.54. The van der Waals surface area contributed by atoms with Gasteiger partial charge in [-0.05, 0) is 44.2 Å². The second kappa shape index (κ2) is 7.60. The van der Waals surface area contributed by atoms with Gasteiger partial charge in [0.25, 0.3) is 5.91 Å². The van der Waals surface area contributed by atoms with E-state index in [4.69, 9.17) is 14.7 Å². The lowest BCUT2D eigenvalue weighted by Crippen LogP contribution is -2.34. The molecule has 27 heavy (non-hydrogen) atoms. The van der Waals surface area contributed by atoms with E-state index in [0.29, 0.717) is 12.4 Å². The van der Waals surface area contributed by atoms with Crippen molar-refractivity contribution in [3.63, 3.8) is 0 Å². The van der Waals surface area contributed by atoms with Crippen molar-refractivity contribution in [2.45, 2.75) is 44.3 Å². The van der Waals surface area contributed by atoms with Crippen LogP contribution in [0.5, 0.6) is 0 Å². The molecule has 0 spiro atoms. The normalized spacial score (nSPS) is 21.1. The van der Waals surface area contributed by atoms with Gasteiger partial charge in [-0.15, -0.1) is 0 Å². The number of nitrogens with zero attached hydrogens (tertiary/aromatic N) is 4. The Bertz CT molecular complexity index is 825. The molecule has 2 unspecified atom stereocenters. The number of rotatable bonds is 5. The van der Waals surface area contributed by atoms with Crippen LogP contribution in [0.15, 0.2) is 24.5 Å². The van der Waals surface area contributed by atoms with Gasteiger partial charge in [0, 0.05) is 49.9 Å². The number of aromatic nitrogens is 3. The number of pyridine rings is 1. The van der Waals surface area contributed by atoms with Gasteiger partial charge in [0.15, 0.2) is 5.82 Å². The van der Waals surface area contributed by atoms with Crippen molar-refractivity contribution >= 4 is 11.7 Å². The number of carbonyl (C=O) groups excluding carboxylic acids is 1. The lowest BCUT2D eigenvalue weighted by atomic mass is 10.1. The highest BCUT2D eigenvalue weighted by atomic mass is 16.5. The van der Waals surface area contributed by atoms with Crippen LogP contribution in [0.25, 0.3) is 11.4 Å². The second-order valence-electron chi connectivity index (χ2n) is 7.35. The molecule has 0 radical (unpaired) electrons. The van der Waals surface area contributed by atoms with Crippen molar-refractivity contribution in [2.24, 2.45) is 0 Å². The molecule has 7 heteroatoms. The molecule has 0 aromatic carbocycles. The van der Waals surface area contributed by atoms with Gasteiger partial charge in [-0.1, -0.05) is 0 Å². The summed E-state index contributed by atoms with van der Waals surface area (Å²) in [4.78, 5) is 27.4. The lowest BCUT2D eigenvalue weighted by Gasteiger charge is -2.18. The largest absolute Gasteiger partial charge is 0.367 e. The molecule has 4 rings (SSSR count). The Kier molecular flexibility index (Phi) is 5.03. The molecule has 2 aromatic heterocycles. The minimum absolute atomic E-state index is 0.0211. The fourth-order valence-corrected chi connectivity index (χ4v) is 3.74. The summed E-state index contributed by atoms with van der Waals surface area (Å²) in [5, 5.41) is 3.46. The summed E-state index contributed by atoms with van der Waals surface area (Å²) in [5.41, 5.74) is 3.25. The van der Waals surface area contributed by atoms with Crippen LogP contribution in [0, 0.1) is 0 Å². The van der Waals surface area contributed by atoms with E-state index in [9.17, 15) is 4.79 Å². The first kappa shape index (κ1) is 17.9. The molecule has 2 aromatic rings. The van der Waals surface area contributed by atoms with E-state index in [1.807, 2.05) is 12.1 Å². The van der Waals surface area contributed by atoms with Gasteiger partial charge in [0.2, 0.25) is 0 Å². The van der Waals surface area contributed by atoms with Crippen molar-refractivity contribution in [3.05, 3.63) is 35.8 Å². The fourth-order valence-electron chi connectivity index (χ4n) is 3.74. The molecule has 2 aliphatic rings. The minimum Gasteiger partial charge on any atom is -0.367 e. The van der Waals surface area contributed by atoms with Crippen LogP contribution in [0.1, 0.15) is 30.5 Å². The van der Waals surface area contributed by atoms with Crippen molar-refractivity contribution in [3.8, 4) is 11.4 Å². The molecule has 1 aliphatic carbocycles. The average Bonchev–Trinajstić information content (AvgIpc) is 3.35. The third-order valence-corrected chi connectivity index (χ3v) is 5.17. The van der Waals surface area contributed by atoms with Crippen LogP contribution in [-0.2, 0) is 22.4 Å². The molecular formula is C20H25N5O2. The number of anilines is 1. The summed E-state index contributed by atoms with van der Waals surface area (Å²) >= 11 is 0. The molecule has 3 heterocycles. The third kappa shape index (κ3) is 3.78. The number of amides is 1.